The smallest absolute Gasteiger partial charge is 0.343 e. The number of nitrogens with one attached hydrogen (secondary N) is 1. The van der Waals surface area contributed by atoms with E-state index in [1.165, 1.54) is 16.6 Å². The molecular weight excluding hydrogens is 294 g/mol. The van der Waals surface area contributed by atoms with Gasteiger partial charge in [-0.25, -0.2) is 9.89 Å². The van der Waals surface area contributed by atoms with Crippen LogP contribution in [0.1, 0.15) is 23.1 Å². The molecule has 0 fully saturated rings. The number of hydrogen-bond acceptors (Lipinski definition) is 5. The van der Waals surface area contributed by atoms with E-state index in [1.807, 2.05) is 19.1 Å². The zero-order valence-corrected chi connectivity index (χ0v) is 12.7. The Bertz CT molecular complexity index is 676. The summed E-state index contributed by atoms with van der Waals surface area (Å²) in [4.78, 5) is 13.6. The summed E-state index contributed by atoms with van der Waals surface area (Å²) in [6.45, 7) is 2.62. The molecule has 0 spiro atoms. The topological polar surface area (TPSA) is 70.9 Å². The second-order valence-electron chi connectivity index (χ2n) is 3.89. The van der Waals surface area contributed by atoms with Gasteiger partial charge < -0.3 is 5.11 Å². The van der Waals surface area contributed by atoms with Gasteiger partial charge in [0.2, 0.25) is 0 Å². The summed E-state index contributed by atoms with van der Waals surface area (Å²) >= 11 is 3.15. The minimum absolute atomic E-state index is 0.0921. The third-order valence-corrected chi connectivity index (χ3v) is 4.70. The number of nitrogens with zero attached hydrogens (tertiary/aromatic N) is 2. The summed E-state index contributed by atoms with van der Waals surface area (Å²) in [7, 11) is 0. The van der Waals surface area contributed by atoms with Crippen LogP contribution in [0.5, 0.6) is 0 Å². The maximum absolute atomic E-state index is 11.4. The van der Waals surface area contributed by atoms with Gasteiger partial charge >= 0.3 is 5.69 Å². The summed E-state index contributed by atoms with van der Waals surface area (Å²) in [6, 6.07) is 4.00. The number of rotatable bonds is 5. The maximum atomic E-state index is 11.4. The molecule has 0 bridgehead atoms. The highest BCUT2D eigenvalue weighted by molar-refractivity contribution is 7.98. The van der Waals surface area contributed by atoms with Gasteiger partial charge in [0.05, 0.1) is 11.5 Å². The molecule has 0 amide bonds. The normalized spacial score (nSPS) is 10.3. The average Bonchev–Trinajstić information content (AvgIpc) is 3.03. The van der Waals surface area contributed by atoms with Crippen molar-refractivity contribution in [1.29, 1.82) is 0 Å². The largest absolute Gasteiger partial charge is 0.395 e. The van der Waals surface area contributed by atoms with Crippen molar-refractivity contribution in [1.82, 2.24) is 14.8 Å². The molecule has 0 saturated carbocycles. The molecule has 0 unspecified atom stereocenters. The van der Waals surface area contributed by atoms with Crippen molar-refractivity contribution in [3.63, 3.8) is 0 Å². The van der Waals surface area contributed by atoms with Crippen molar-refractivity contribution in [2.45, 2.75) is 30.8 Å². The number of aromatic nitrogens is 3. The standard InChI is InChI=1S/C13H15N3O2S2/c1-2-16-12(18)14-15-13(16)19-9-11-7-6-10(20-11)5-3-4-8-17/h6-7,17H,2,4,8-9H2,1H3,(H,14,18). The van der Waals surface area contributed by atoms with E-state index in [0.29, 0.717) is 18.1 Å². The van der Waals surface area contributed by atoms with Crippen LogP contribution in [0.25, 0.3) is 0 Å². The fourth-order valence-electron chi connectivity index (χ4n) is 1.56. The van der Waals surface area contributed by atoms with Crippen LogP contribution in [0.4, 0.5) is 0 Å². The van der Waals surface area contributed by atoms with Crippen molar-refractivity contribution in [3.05, 3.63) is 32.4 Å². The molecule has 2 rings (SSSR count). The Labute approximate surface area is 125 Å². The van der Waals surface area contributed by atoms with Crippen LogP contribution in [0, 0.1) is 11.8 Å². The molecule has 0 aliphatic rings. The second-order valence-corrected chi connectivity index (χ2v) is 6.00. The second kappa shape index (κ2) is 7.33. The fraction of sp³-hybridized carbons (Fsp3) is 0.385. The molecule has 2 aromatic heterocycles. The molecular formula is C13H15N3O2S2. The molecule has 2 heterocycles. The molecule has 20 heavy (non-hydrogen) atoms. The van der Waals surface area contributed by atoms with E-state index < -0.39 is 0 Å². The lowest BCUT2D eigenvalue weighted by atomic mass is 10.4. The van der Waals surface area contributed by atoms with Crippen molar-refractivity contribution in [2.24, 2.45) is 0 Å². The molecule has 5 nitrogen and oxygen atoms in total. The molecule has 0 aromatic carbocycles. The van der Waals surface area contributed by atoms with Crippen LogP contribution in [0.3, 0.4) is 0 Å². The highest BCUT2D eigenvalue weighted by Crippen LogP contribution is 2.24. The summed E-state index contributed by atoms with van der Waals surface area (Å²) in [5, 5.41) is 15.8. The first-order chi connectivity index (χ1) is 9.74. The third-order valence-electron chi connectivity index (χ3n) is 2.49. The predicted octanol–water partition coefficient (Wildman–Crippen LogP) is 1.68. The molecule has 0 aliphatic carbocycles. The molecule has 7 heteroatoms. The Morgan fingerprint density at radius 2 is 2.40 bits per heavy atom. The van der Waals surface area contributed by atoms with Crippen molar-refractivity contribution in [3.8, 4) is 11.8 Å². The minimum atomic E-state index is -0.170. The minimum Gasteiger partial charge on any atom is -0.395 e. The zero-order valence-electron chi connectivity index (χ0n) is 11.0. The van der Waals surface area contributed by atoms with Gasteiger partial charge in [0, 0.05) is 23.6 Å². The molecule has 0 atom stereocenters. The van der Waals surface area contributed by atoms with E-state index in [2.05, 4.69) is 22.0 Å². The molecule has 106 valence electrons. The van der Waals surface area contributed by atoms with E-state index in [4.69, 9.17) is 5.11 Å². The first kappa shape index (κ1) is 14.9. The number of aromatic amines is 1. The Kier molecular flexibility index (Phi) is 5.47. The molecule has 2 aromatic rings. The molecule has 0 saturated heterocycles. The van der Waals surface area contributed by atoms with E-state index in [-0.39, 0.29) is 12.3 Å². The maximum Gasteiger partial charge on any atom is 0.343 e. The SMILES string of the molecule is CCn1c(SCc2ccc(C#CCCO)s2)n[nH]c1=O. The van der Waals surface area contributed by atoms with E-state index in [0.717, 1.165) is 10.6 Å². The Morgan fingerprint density at radius 1 is 1.55 bits per heavy atom. The summed E-state index contributed by atoms with van der Waals surface area (Å²) in [6.07, 6.45) is 0.498. The Morgan fingerprint density at radius 3 is 3.15 bits per heavy atom. The first-order valence-corrected chi connectivity index (χ1v) is 8.01. The van der Waals surface area contributed by atoms with Gasteiger partial charge in [-0.15, -0.1) is 16.4 Å². The van der Waals surface area contributed by atoms with Gasteiger partial charge in [-0.3, -0.25) is 4.57 Å². The van der Waals surface area contributed by atoms with E-state index in [1.54, 1.807) is 15.9 Å². The zero-order chi connectivity index (χ0) is 14.4. The highest BCUT2D eigenvalue weighted by atomic mass is 32.2. The van der Waals surface area contributed by atoms with Crippen LogP contribution in [-0.2, 0) is 12.3 Å². The quantitative estimate of drug-likeness (QED) is 0.651. The monoisotopic (exact) mass is 309 g/mol. The number of aliphatic hydroxyl groups excluding tert-OH is 1. The van der Waals surface area contributed by atoms with Crippen LogP contribution in [0.2, 0.25) is 0 Å². The van der Waals surface area contributed by atoms with Crippen molar-refractivity contribution >= 4 is 23.1 Å². The number of H-pyrrole nitrogens is 1. The van der Waals surface area contributed by atoms with Crippen LogP contribution >= 0.6 is 23.1 Å². The van der Waals surface area contributed by atoms with Crippen molar-refractivity contribution in [2.75, 3.05) is 6.61 Å². The highest BCUT2D eigenvalue weighted by Gasteiger charge is 2.08. The average molecular weight is 309 g/mol. The molecule has 2 N–H and O–H groups in total. The first-order valence-electron chi connectivity index (χ1n) is 6.21. The third kappa shape index (κ3) is 3.76. The number of thiophene rings is 1. The van der Waals surface area contributed by atoms with E-state index >= 15 is 0 Å². The predicted molar refractivity (Wildman–Crippen MR) is 81.0 cm³/mol. The van der Waals surface area contributed by atoms with Crippen LogP contribution in [-0.4, -0.2) is 26.5 Å². The van der Waals surface area contributed by atoms with Gasteiger partial charge in [-0.05, 0) is 19.1 Å². The van der Waals surface area contributed by atoms with Crippen LogP contribution < -0.4 is 5.69 Å². The number of thioether (sulfide) groups is 1. The summed E-state index contributed by atoms with van der Waals surface area (Å²) < 4.78 is 1.61. The lowest BCUT2D eigenvalue weighted by Gasteiger charge is -2.00. The van der Waals surface area contributed by atoms with Gasteiger partial charge in [0.25, 0.3) is 0 Å². The lowest BCUT2D eigenvalue weighted by molar-refractivity contribution is 0.305. The van der Waals surface area contributed by atoms with Gasteiger partial charge in [-0.2, -0.15) is 0 Å². The number of hydrogen-bond donors (Lipinski definition) is 2. The fourth-order valence-corrected chi connectivity index (χ4v) is 3.49. The van der Waals surface area contributed by atoms with Gasteiger partial charge in [-0.1, -0.05) is 23.6 Å². The summed E-state index contributed by atoms with van der Waals surface area (Å²) in [5.41, 5.74) is -0.170. The van der Waals surface area contributed by atoms with Gasteiger partial charge in [0.15, 0.2) is 5.16 Å². The number of aliphatic hydroxyl groups is 1. The van der Waals surface area contributed by atoms with Crippen molar-refractivity contribution < 1.29 is 5.11 Å². The summed E-state index contributed by atoms with van der Waals surface area (Å²) in [5.74, 6) is 6.67. The van der Waals surface area contributed by atoms with Gasteiger partial charge in [0.1, 0.15) is 0 Å². The van der Waals surface area contributed by atoms with Crippen LogP contribution in [0.15, 0.2) is 22.1 Å². The lowest BCUT2D eigenvalue weighted by Crippen LogP contribution is -2.16. The molecule has 0 radical (unpaired) electrons. The molecule has 0 aliphatic heterocycles. The Balaban J connectivity index is 1.98. The van der Waals surface area contributed by atoms with E-state index in [9.17, 15) is 4.79 Å². The Hall–Kier alpha value is -1.49.